The molecule has 0 aromatic rings. The SMILES string of the molecule is O=CC1=CCCC(Cl)=C1. The second-order valence-corrected chi connectivity index (χ2v) is 2.44. The summed E-state index contributed by atoms with van der Waals surface area (Å²) >= 11 is 5.65. The molecule has 0 unspecified atom stereocenters. The Labute approximate surface area is 59.0 Å². The maximum atomic E-state index is 10.1. The van der Waals surface area contributed by atoms with Crippen molar-refractivity contribution >= 4 is 17.9 Å². The van der Waals surface area contributed by atoms with E-state index < -0.39 is 0 Å². The molecular weight excluding hydrogens is 136 g/mol. The first-order valence-corrected chi connectivity index (χ1v) is 3.22. The normalized spacial score (nSPS) is 18.3. The number of carbonyl (C=O) groups is 1. The highest BCUT2D eigenvalue weighted by atomic mass is 35.5. The monoisotopic (exact) mass is 142 g/mol. The average molecular weight is 143 g/mol. The highest BCUT2D eigenvalue weighted by molar-refractivity contribution is 6.30. The van der Waals surface area contributed by atoms with Crippen molar-refractivity contribution in [2.75, 3.05) is 0 Å². The molecule has 0 fully saturated rings. The van der Waals surface area contributed by atoms with Gasteiger partial charge in [-0.2, -0.15) is 0 Å². The van der Waals surface area contributed by atoms with Crippen molar-refractivity contribution in [3.8, 4) is 0 Å². The van der Waals surface area contributed by atoms with Gasteiger partial charge in [-0.15, -0.1) is 0 Å². The van der Waals surface area contributed by atoms with Crippen molar-refractivity contribution in [3.05, 3.63) is 22.8 Å². The predicted molar refractivity (Wildman–Crippen MR) is 37.3 cm³/mol. The van der Waals surface area contributed by atoms with Gasteiger partial charge < -0.3 is 0 Å². The molecule has 1 aliphatic rings. The van der Waals surface area contributed by atoms with Crippen molar-refractivity contribution in [1.29, 1.82) is 0 Å². The Morgan fingerprint density at radius 1 is 1.67 bits per heavy atom. The fourth-order valence-corrected chi connectivity index (χ4v) is 1.01. The van der Waals surface area contributed by atoms with Gasteiger partial charge in [0, 0.05) is 10.6 Å². The molecule has 1 aliphatic carbocycles. The molecule has 1 rings (SSSR count). The first-order valence-electron chi connectivity index (χ1n) is 2.84. The fourth-order valence-electron chi connectivity index (χ4n) is 0.771. The van der Waals surface area contributed by atoms with E-state index in [2.05, 4.69) is 0 Å². The van der Waals surface area contributed by atoms with Gasteiger partial charge in [-0.3, -0.25) is 4.79 Å². The van der Waals surface area contributed by atoms with Crippen LogP contribution in [0.2, 0.25) is 0 Å². The molecule has 0 heterocycles. The quantitative estimate of drug-likeness (QED) is 0.512. The molecule has 9 heavy (non-hydrogen) atoms. The Kier molecular flexibility index (Phi) is 2.06. The number of rotatable bonds is 1. The number of hydrogen-bond acceptors (Lipinski definition) is 1. The van der Waals surface area contributed by atoms with Crippen molar-refractivity contribution in [2.24, 2.45) is 0 Å². The molecule has 0 spiro atoms. The van der Waals surface area contributed by atoms with E-state index in [0.717, 1.165) is 24.2 Å². The molecule has 1 nitrogen and oxygen atoms in total. The molecule has 0 saturated carbocycles. The van der Waals surface area contributed by atoms with Crippen LogP contribution in [0.5, 0.6) is 0 Å². The summed E-state index contributed by atoms with van der Waals surface area (Å²) in [6, 6.07) is 0. The summed E-state index contributed by atoms with van der Waals surface area (Å²) in [6.45, 7) is 0. The van der Waals surface area contributed by atoms with Crippen LogP contribution in [0, 0.1) is 0 Å². The van der Waals surface area contributed by atoms with Gasteiger partial charge in [0.15, 0.2) is 0 Å². The molecule has 0 aromatic carbocycles. The molecule has 0 saturated heterocycles. The van der Waals surface area contributed by atoms with E-state index in [1.54, 1.807) is 6.08 Å². The van der Waals surface area contributed by atoms with Crippen molar-refractivity contribution < 1.29 is 4.79 Å². The zero-order valence-corrected chi connectivity index (χ0v) is 5.69. The van der Waals surface area contributed by atoms with Crippen LogP contribution in [0.3, 0.4) is 0 Å². The largest absolute Gasteiger partial charge is 0.298 e. The van der Waals surface area contributed by atoms with Gasteiger partial charge in [-0.25, -0.2) is 0 Å². The van der Waals surface area contributed by atoms with Gasteiger partial charge in [0.2, 0.25) is 0 Å². The Morgan fingerprint density at radius 3 is 2.89 bits per heavy atom. The van der Waals surface area contributed by atoms with Crippen LogP contribution in [0.1, 0.15) is 12.8 Å². The maximum absolute atomic E-state index is 10.1. The Balaban J connectivity index is 2.74. The molecule has 2 heteroatoms. The van der Waals surface area contributed by atoms with Crippen molar-refractivity contribution in [2.45, 2.75) is 12.8 Å². The van der Waals surface area contributed by atoms with E-state index >= 15 is 0 Å². The van der Waals surface area contributed by atoms with Crippen LogP contribution in [0.4, 0.5) is 0 Å². The van der Waals surface area contributed by atoms with Gasteiger partial charge in [-0.1, -0.05) is 17.7 Å². The van der Waals surface area contributed by atoms with Gasteiger partial charge >= 0.3 is 0 Å². The number of hydrogen-bond donors (Lipinski definition) is 0. The third-order valence-electron chi connectivity index (χ3n) is 1.22. The highest BCUT2D eigenvalue weighted by Crippen LogP contribution is 2.18. The zero-order valence-electron chi connectivity index (χ0n) is 4.93. The van der Waals surface area contributed by atoms with E-state index in [9.17, 15) is 4.79 Å². The molecule has 48 valence electrons. The van der Waals surface area contributed by atoms with Crippen molar-refractivity contribution in [3.63, 3.8) is 0 Å². The Morgan fingerprint density at radius 2 is 2.44 bits per heavy atom. The number of aldehydes is 1. The summed E-state index contributed by atoms with van der Waals surface area (Å²) in [5.74, 6) is 0. The molecule has 0 aliphatic heterocycles. The van der Waals surface area contributed by atoms with Crippen LogP contribution >= 0.6 is 11.6 Å². The van der Waals surface area contributed by atoms with Crippen LogP contribution in [0.25, 0.3) is 0 Å². The lowest BCUT2D eigenvalue weighted by atomic mass is 10.1. The summed E-state index contributed by atoms with van der Waals surface area (Å²) in [7, 11) is 0. The van der Waals surface area contributed by atoms with E-state index in [1.807, 2.05) is 6.08 Å². The first-order chi connectivity index (χ1) is 4.33. The maximum Gasteiger partial charge on any atom is 0.149 e. The minimum absolute atomic E-state index is 0.700. The van der Waals surface area contributed by atoms with Crippen LogP contribution in [0.15, 0.2) is 22.8 Å². The smallest absolute Gasteiger partial charge is 0.149 e. The van der Waals surface area contributed by atoms with Gasteiger partial charge in [-0.05, 0) is 18.9 Å². The number of allylic oxidation sites excluding steroid dienone is 4. The van der Waals surface area contributed by atoms with Gasteiger partial charge in [0.1, 0.15) is 6.29 Å². The highest BCUT2D eigenvalue weighted by Gasteiger charge is 2.00. The predicted octanol–water partition coefficient (Wildman–Crippen LogP) is 2.03. The molecule has 0 atom stereocenters. The van der Waals surface area contributed by atoms with Crippen molar-refractivity contribution in [1.82, 2.24) is 0 Å². The minimum Gasteiger partial charge on any atom is -0.298 e. The van der Waals surface area contributed by atoms with E-state index in [0.29, 0.717) is 5.57 Å². The van der Waals surface area contributed by atoms with Crippen LogP contribution in [-0.4, -0.2) is 6.29 Å². The summed E-state index contributed by atoms with van der Waals surface area (Å²) < 4.78 is 0. The summed E-state index contributed by atoms with van der Waals surface area (Å²) in [5.41, 5.74) is 0.700. The van der Waals surface area contributed by atoms with Crippen LogP contribution in [-0.2, 0) is 4.79 Å². The van der Waals surface area contributed by atoms with E-state index in [1.165, 1.54) is 0 Å². The van der Waals surface area contributed by atoms with Crippen LogP contribution < -0.4 is 0 Å². The Bertz CT molecular complexity index is 179. The van der Waals surface area contributed by atoms with Gasteiger partial charge in [0.25, 0.3) is 0 Å². The summed E-state index contributed by atoms with van der Waals surface area (Å²) in [4.78, 5) is 10.1. The lowest BCUT2D eigenvalue weighted by molar-refractivity contribution is -0.104. The third-order valence-corrected chi connectivity index (χ3v) is 1.52. The lowest BCUT2D eigenvalue weighted by Gasteiger charge is -2.01. The summed E-state index contributed by atoms with van der Waals surface area (Å²) in [5, 5.41) is 0.777. The fraction of sp³-hybridized carbons (Fsp3) is 0.286. The Hall–Kier alpha value is -0.560. The summed E-state index contributed by atoms with van der Waals surface area (Å²) in [6.07, 6.45) is 6.18. The topological polar surface area (TPSA) is 17.1 Å². The third kappa shape index (κ3) is 1.68. The molecule has 0 N–H and O–H groups in total. The first kappa shape index (κ1) is 6.56. The van der Waals surface area contributed by atoms with Gasteiger partial charge in [0.05, 0.1) is 0 Å². The average Bonchev–Trinajstić information content (AvgIpc) is 1.88. The second kappa shape index (κ2) is 2.83. The molecular formula is C7H7ClO. The molecule has 0 radical (unpaired) electrons. The zero-order chi connectivity index (χ0) is 6.69. The van der Waals surface area contributed by atoms with E-state index in [-0.39, 0.29) is 0 Å². The lowest BCUT2D eigenvalue weighted by Crippen LogP contribution is -1.87. The standard InChI is InChI=1S/C7H7ClO/c8-7-3-1-2-6(4-7)5-9/h2,4-5H,1,3H2. The molecule has 0 amide bonds. The number of carbonyl (C=O) groups excluding carboxylic acids is 1. The number of halogens is 1. The molecule has 0 aromatic heterocycles. The second-order valence-electron chi connectivity index (χ2n) is 1.95. The molecule has 0 bridgehead atoms. The minimum atomic E-state index is 0.700. The van der Waals surface area contributed by atoms with E-state index in [4.69, 9.17) is 11.6 Å².